The summed E-state index contributed by atoms with van der Waals surface area (Å²) >= 11 is 0. The maximum absolute atomic E-state index is 5.88. The molecule has 0 heterocycles. The van der Waals surface area contributed by atoms with Gasteiger partial charge in [0.1, 0.15) is 12.4 Å². The van der Waals surface area contributed by atoms with Crippen LogP contribution < -0.4 is 4.74 Å². The van der Waals surface area contributed by atoms with Crippen molar-refractivity contribution in [2.45, 2.75) is 58.9 Å². The van der Waals surface area contributed by atoms with Crippen LogP contribution in [0.5, 0.6) is 5.75 Å². The largest absolute Gasteiger partial charge is 0.491 e. The molecule has 2 aromatic rings. The maximum Gasteiger partial charge on any atom is 0.119 e. The molecule has 0 aliphatic heterocycles. The van der Waals surface area contributed by atoms with E-state index in [0.29, 0.717) is 24.7 Å². The number of rotatable bonds is 11. The van der Waals surface area contributed by atoms with Gasteiger partial charge in [-0.25, -0.2) is 0 Å². The predicted octanol–water partition coefficient (Wildman–Crippen LogP) is 6.49. The van der Waals surface area contributed by atoms with E-state index in [1.54, 1.807) is 0 Å². The van der Waals surface area contributed by atoms with Gasteiger partial charge in [-0.05, 0) is 61.0 Å². The van der Waals surface area contributed by atoms with E-state index in [1.807, 2.05) is 0 Å². The Kier molecular flexibility index (Phi) is 8.93. The molecule has 0 fully saturated rings. The second kappa shape index (κ2) is 11.0. The summed E-state index contributed by atoms with van der Waals surface area (Å²) in [6.07, 6.45) is 2.11. The fourth-order valence-corrected chi connectivity index (χ4v) is 4.34. The van der Waals surface area contributed by atoms with E-state index in [4.69, 9.17) is 9.47 Å². The van der Waals surface area contributed by atoms with E-state index in [1.165, 1.54) is 11.1 Å². The van der Waals surface area contributed by atoms with Crippen LogP contribution in [-0.4, -0.2) is 38.8 Å². The molecule has 0 aliphatic carbocycles. The molecule has 0 aliphatic rings. The molecule has 0 bridgehead atoms. The molecule has 1 unspecified atom stereocenters. The van der Waals surface area contributed by atoms with Crippen LogP contribution in [0.15, 0.2) is 54.6 Å². The van der Waals surface area contributed by atoms with Gasteiger partial charge in [-0.15, -0.1) is 0 Å². The minimum atomic E-state index is 0.154. The molecule has 0 saturated heterocycles. The average Bonchev–Trinajstić information content (AvgIpc) is 2.66. The highest BCUT2D eigenvalue weighted by molar-refractivity contribution is 5.31. The van der Waals surface area contributed by atoms with Crippen LogP contribution in [0, 0.1) is 5.41 Å². The summed E-state index contributed by atoms with van der Waals surface area (Å²) in [6.45, 7) is 13.4. The van der Waals surface area contributed by atoms with Crippen LogP contribution in [0.4, 0.5) is 0 Å². The van der Waals surface area contributed by atoms with E-state index in [0.717, 1.165) is 25.2 Å². The second-order valence-corrected chi connectivity index (χ2v) is 10.3. The Morgan fingerprint density at radius 2 is 1.43 bits per heavy atom. The number of nitrogens with zero attached hydrogens (tertiary/aromatic N) is 1. The zero-order valence-electron chi connectivity index (χ0n) is 20.1. The lowest BCUT2D eigenvalue weighted by Gasteiger charge is -2.33. The van der Waals surface area contributed by atoms with Crippen LogP contribution in [0.25, 0.3) is 0 Å². The minimum Gasteiger partial charge on any atom is -0.491 e. The molecular formula is C27H41NO2. The van der Waals surface area contributed by atoms with Crippen molar-refractivity contribution in [1.82, 2.24) is 4.90 Å². The van der Waals surface area contributed by atoms with Crippen LogP contribution in [-0.2, 0) is 10.2 Å². The monoisotopic (exact) mass is 411 g/mol. The zero-order valence-corrected chi connectivity index (χ0v) is 20.1. The van der Waals surface area contributed by atoms with Crippen LogP contribution >= 0.6 is 0 Å². The Balaban J connectivity index is 1.73. The summed E-state index contributed by atoms with van der Waals surface area (Å²) in [5, 5.41) is 0. The Labute approximate surface area is 184 Å². The quantitative estimate of drug-likeness (QED) is 0.395. The molecule has 0 radical (unpaired) electrons. The second-order valence-electron chi connectivity index (χ2n) is 10.3. The Morgan fingerprint density at radius 3 is 2.00 bits per heavy atom. The normalized spacial score (nSPS) is 13.5. The molecule has 2 rings (SSSR count). The van der Waals surface area contributed by atoms with Crippen molar-refractivity contribution in [2.75, 3.05) is 33.9 Å². The summed E-state index contributed by atoms with van der Waals surface area (Å²) in [5.41, 5.74) is 3.15. The Bertz CT molecular complexity index is 730. The van der Waals surface area contributed by atoms with Gasteiger partial charge >= 0.3 is 0 Å². The molecule has 1 atom stereocenters. The van der Waals surface area contributed by atoms with Gasteiger partial charge in [-0.3, -0.25) is 0 Å². The van der Waals surface area contributed by atoms with Gasteiger partial charge in [0.2, 0.25) is 0 Å². The molecular weight excluding hydrogens is 370 g/mol. The average molecular weight is 412 g/mol. The van der Waals surface area contributed by atoms with Gasteiger partial charge in [0, 0.05) is 12.6 Å². The first-order valence-electron chi connectivity index (χ1n) is 11.1. The highest BCUT2D eigenvalue weighted by Crippen LogP contribution is 2.36. The molecule has 0 saturated carbocycles. The van der Waals surface area contributed by atoms with Crippen molar-refractivity contribution in [3.05, 3.63) is 65.7 Å². The lowest BCUT2D eigenvalue weighted by molar-refractivity contribution is 0.0841. The first kappa shape index (κ1) is 24.4. The molecule has 2 aromatic carbocycles. The van der Waals surface area contributed by atoms with Gasteiger partial charge < -0.3 is 14.4 Å². The lowest BCUT2D eigenvalue weighted by atomic mass is 9.72. The number of ether oxygens (including phenoxy) is 2. The van der Waals surface area contributed by atoms with Crippen LogP contribution in [0.3, 0.4) is 0 Å². The summed E-state index contributed by atoms with van der Waals surface area (Å²) in [5.74, 6) is 0.907. The molecule has 0 aromatic heterocycles. The van der Waals surface area contributed by atoms with Crippen molar-refractivity contribution < 1.29 is 9.47 Å². The fourth-order valence-electron chi connectivity index (χ4n) is 4.34. The third kappa shape index (κ3) is 8.12. The van der Waals surface area contributed by atoms with Gasteiger partial charge in [0.05, 0.1) is 6.61 Å². The molecule has 3 heteroatoms. The third-order valence-electron chi connectivity index (χ3n) is 5.45. The van der Waals surface area contributed by atoms with Gasteiger partial charge in [-0.1, -0.05) is 77.1 Å². The lowest BCUT2D eigenvalue weighted by Crippen LogP contribution is -2.24. The SMILES string of the molecule is CN(C)C(CCOCCOc1ccc(C(C)(C)CC(C)(C)C)cc1)c1ccccc1. The fraction of sp³-hybridized carbons (Fsp3) is 0.556. The van der Waals surface area contributed by atoms with Crippen molar-refractivity contribution >= 4 is 0 Å². The van der Waals surface area contributed by atoms with Crippen molar-refractivity contribution in [3.8, 4) is 5.75 Å². The van der Waals surface area contributed by atoms with Crippen LogP contribution in [0.2, 0.25) is 0 Å². The number of benzene rings is 2. The predicted molar refractivity (Wildman–Crippen MR) is 127 cm³/mol. The summed E-state index contributed by atoms with van der Waals surface area (Å²) < 4.78 is 11.7. The first-order chi connectivity index (χ1) is 14.1. The summed E-state index contributed by atoms with van der Waals surface area (Å²) in [7, 11) is 4.24. The minimum absolute atomic E-state index is 0.154. The molecule has 0 amide bonds. The molecule has 30 heavy (non-hydrogen) atoms. The van der Waals surface area contributed by atoms with Gasteiger partial charge in [0.15, 0.2) is 0 Å². The topological polar surface area (TPSA) is 21.7 Å². The molecule has 0 spiro atoms. The Morgan fingerprint density at radius 1 is 0.800 bits per heavy atom. The van der Waals surface area contributed by atoms with Crippen molar-refractivity contribution in [3.63, 3.8) is 0 Å². The molecule has 166 valence electrons. The van der Waals surface area contributed by atoms with E-state index >= 15 is 0 Å². The third-order valence-corrected chi connectivity index (χ3v) is 5.45. The standard InChI is InChI=1S/C27H41NO2/c1-26(2,3)21-27(4,5)23-13-15-24(16-14-23)30-20-19-29-18-17-25(28(6)7)22-11-9-8-10-12-22/h8-16,25H,17-21H2,1-7H3. The van der Waals surface area contributed by atoms with Gasteiger partial charge in [0.25, 0.3) is 0 Å². The van der Waals surface area contributed by atoms with Crippen molar-refractivity contribution in [1.29, 1.82) is 0 Å². The smallest absolute Gasteiger partial charge is 0.119 e. The zero-order chi connectivity index (χ0) is 22.2. The van der Waals surface area contributed by atoms with Gasteiger partial charge in [-0.2, -0.15) is 0 Å². The number of hydrogen-bond acceptors (Lipinski definition) is 3. The number of hydrogen-bond donors (Lipinski definition) is 0. The van der Waals surface area contributed by atoms with Crippen LogP contribution in [0.1, 0.15) is 64.6 Å². The summed E-state index contributed by atoms with van der Waals surface area (Å²) in [4.78, 5) is 2.25. The molecule has 0 N–H and O–H groups in total. The first-order valence-corrected chi connectivity index (χ1v) is 11.1. The highest BCUT2D eigenvalue weighted by atomic mass is 16.5. The summed E-state index contributed by atoms with van der Waals surface area (Å²) in [6, 6.07) is 19.5. The van der Waals surface area contributed by atoms with E-state index in [9.17, 15) is 0 Å². The van der Waals surface area contributed by atoms with Crippen molar-refractivity contribution in [2.24, 2.45) is 5.41 Å². The Hall–Kier alpha value is -1.84. The maximum atomic E-state index is 5.88. The van der Waals surface area contributed by atoms with E-state index in [-0.39, 0.29) is 5.41 Å². The van der Waals surface area contributed by atoms with E-state index < -0.39 is 0 Å². The molecule has 3 nitrogen and oxygen atoms in total. The van der Waals surface area contributed by atoms with E-state index in [2.05, 4.69) is 108 Å². The highest BCUT2D eigenvalue weighted by Gasteiger charge is 2.27.